The largest absolute Gasteiger partial charge is 0.490 e. The van der Waals surface area contributed by atoms with Crippen LogP contribution in [0.15, 0.2) is 53.6 Å². The van der Waals surface area contributed by atoms with E-state index in [1.165, 1.54) is 0 Å². The fraction of sp³-hybridized carbons (Fsp3) is 0.259. The third-order valence-corrected chi connectivity index (χ3v) is 4.95. The first kappa shape index (κ1) is 26.2. The van der Waals surface area contributed by atoms with Gasteiger partial charge in [-0.05, 0) is 68.3 Å². The van der Waals surface area contributed by atoms with Crippen LogP contribution in [0.4, 0.5) is 11.5 Å². The minimum atomic E-state index is -0.273. The lowest BCUT2D eigenvalue weighted by Crippen LogP contribution is -2.20. The molecule has 2 aromatic carbocycles. The molecule has 0 aliphatic heterocycles. The number of hydrazone groups is 1. The van der Waals surface area contributed by atoms with E-state index < -0.39 is 0 Å². The van der Waals surface area contributed by atoms with Crippen LogP contribution in [0, 0.1) is 25.2 Å². The second-order valence-corrected chi connectivity index (χ2v) is 7.91. The Morgan fingerprint density at radius 2 is 1.97 bits per heavy atom. The Morgan fingerprint density at radius 1 is 1.14 bits per heavy atom. The molecule has 3 rings (SSSR count). The maximum absolute atomic E-state index is 12.3. The van der Waals surface area contributed by atoms with E-state index in [-0.39, 0.29) is 12.5 Å². The molecule has 0 aliphatic rings. The number of carbonyl (C=O) groups excluding carboxylic acids is 1. The van der Waals surface area contributed by atoms with Crippen molar-refractivity contribution >= 4 is 23.6 Å². The molecule has 36 heavy (non-hydrogen) atoms. The predicted molar refractivity (Wildman–Crippen MR) is 139 cm³/mol. The maximum atomic E-state index is 12.3. The van der Waals surface area contributed by atoms with Crippen molar-refractivity contribution in [2.24, 2.45) is 5.10 Å². The number of carbonyl (C=O) groups is 1. The number of hydrogen-bond acceptors (Lipinski definition) is 8. The van der Waals surface area contributed by atoms with E-state index in [0.717, 1.165) is 22.4 Å². The molecule has 0 atom stereocenters. The molecular formula is C27H29N5O4. The number of pyridine rings is 1. The molecule has 9 nitrogen and oxygen atoms in total. The summed E-state index contributed by atoms with van der Waals surface area (Å²) in [6.07, 6.45) is 1.58. The highest BCUT2D eigenvalue weighted by Gasteiger charge is 2.12. The van der Waals surface area contributed by atoms with Gasteiger partial charge in [0.25, 0.3) is 5.91 Å². The summed E-state index contributed by atoms with van der Waals surface area (Å²) in [4.78, 5) is 16.7. The van der Waals surface area contributed by atoms with Gasteiger partial charge in [-0.3, -0.25) is 10.2 Å². The molecule has 2 N–H and O–H groups in total. The summed E-state index contributed by atoms with van der Waals surface area (Å²) in [7, 11) is 1.57. The number of hydrogen-bond donors (Lipinski definition) is 2. The standard InChI is InChI=1S/C27H29N5O4/c1-5-35-25-13-20(15-29-32-27-23(14-28)21(16-34-4)12-19(3)30-27)9-10-24(25)36-17-26(33)31-22-8-6-7-18(2)11-22/h6-13,15H,5,16-17H2,1-4H3,(H,30,32)(H,31,33)/b29-15-. The molecule has 0 aliphatic carbocycles. The first-order chi connectivity index (χ1) is 17.4. The van der Waals surface area contributed by atoms with Crippen molar-refractivity contribution in [2.75, 3.05) is 31.1 Å². The van der Waals surface area contributed by atoms with Crippen LogP contribution in [0.2, 0.25) is 0 Å². The summed E-state index contributed by atoms with van der Waals surface area (Å²) in [5.74, 6) is 1.01. The molecular weight excluding hydrogens is 458 g/mol. The van der Waals surface area contributed by atoms with Gasteiger partial charge in [-0.15, -0.1) is 0 Å². The number of nitrogens with one attached hydrogen (secondary N) is 2. The molecule has 186 valence electrons. The summed E-state index contributed by atoms with van der Waals surface area (Å²) in [5, 5.41) is 16.6. The first-order valence-corrected chi connectivity index (χ1v) is 11.4. The van der Waals surface area contributed by atoms with Crippen molar-refractivity contribution < 1.29 is 19.0 Å². The molecule has 0 unspecified atom stereocenters. The Bertz CT molecular complexity index is 1280. The summed E-state index contributed by atoms with van der Waals surface area (Å²) < 4.78 is 16.6. The fourth-order valence-corrected chi connectivity index (χ4v) is 3.44. The number of nitrogens with zero attached hydrogens (tertiary/aromatic N) is 3. The lowest BCUT2D eigenvalue weighted by atomic mass is 10.1. The van der Waals surface area contributed by atoms with Crippen LogP contribution in [0.25, 0.3) is 0 Å². The van der Waals surface area contributed by atoms with Gasteiger partial charge in [-0.2, -0.15) is 10.4 Å². The number of rotatable bonds is 11. The third kappa shape index (κ3) is 7.29. The Morgan fingerprint density at radius 3 is 2.69 bits per heavy atom. The van der Waals surface area contributed by atoms with E-state index in [4.69, 9.17) is 14.2 Å². The monoisotopic (exact) mass is 487 g/mol. The van der Waals surface area contributed by atoms with Crippen molar-refractivity contribution in [3.8, 4) is 17.6 Å². The van der Waals surface area contributed by atoms with E-state index in [0.29, 0.717) is 41.8 Å². The normalized spacial score (nSPS) is 10.6. The zero-order chi connectivity index (χ0) is 25.9. The highest BCUT2D eigenvalue weighted by molar-refractivity contribution is 5.92. The number of amides is 1. The molecule has 1 amide bonds. The Balaban J connectivity index is 1.68. The van der Waals surface area contributed by atoms with E-state index in [2.05, 4.69) is 26.9 Å². The molecule has 9 heteroatoms. The SMILES string of the molecule is CCOc1cc(/C=N\Nc2nc(C)cc(COC)c2C#N)ccc1OCC(=O)Nc1cccc(C)c1. The van der Waals surface area contributed by atoms with Crippen molar-refractivity contribution in [3.05, 3.63) is 76.5 Å². The number of anilines is 2. The van der Waals surface area contributed by atoms with Crippen molar-refractivity contribution in [3.63, 3.8) is 0 Å². The number of aromatic nitrogens is 1. The Labute approximate surface area is 210 Å². The van der Waals surface area contributed by atoms with Crippen molar-refractivity contribution in [2.45, 2.75) is 27.4 Å². The molecule has 0 radical (unpaired) electrons. The van der Waals surface area contributed by atoms with E-state index >= 15 is 0 Å². The first-order valence-electron chi connectivity index (χ1n) is 11.4. The molecule has 0 saturated heterocycles. The molecule has 0 bridgehead atoms. The van der Waals surface area contributed by atoms with Crippen LogP contribution in [0.3, 0.4) is 0 Å². The number of nitriles is 1. The van der Waals surface area contributed by atoms with Crippen LogP contribution in [-0.2, 0) is 16.1 Å². The zero-order valence-electron chi connectivity index (χ0n) is 20.8. The van der Waals surface area contributed by atoms with Crippen molar-refractivity contribution in [1.82, 2.24) is 4.98 Å². The maximum Gasteiger partial charge on any atom is 0.262 e. The summed E-state index contributed by atoms with van der Waals surface area (Å²) in [6.45, 7) is 6.21. The number of benzene rings is 2. The highest BCUT2D eigenvalue weighted by atomic mass is 16.5. The smallest absolute Gasteiger partial charge is 0.262 e. The quantitative estimate of drug-likeness (QED) is 0.300. The molecule has 1 aromatic heterocycles. The second-order valence-electron chi connectivity index (χ2n) is 7.91. The predicted octanol–water partition coefficient (Wildman–Crippen LogP) is 4.58. The lowest BCUT2D eigenvalue weighted by Gasteiger charge is -2.13. The van der Waals surface area contributed by atoms with Gasteiger partial charge in [0.2, 0.25) is 0 Å². The van der Waals surface area contributed by atoms with Crippen LogP contribution < -0.4 is 20.2 Å². The van der Waals surface area contributed by atoms with E-state index in [1.54, 1.807) is 31.5 Å². The molecule has 0 saturated carbocycles. The fourth-order valence-electron chi connectivity index (χ4n) is 3.44. The average Bonchev–Trinajstić information content (AvgIpc) is 2.84. The summed E-state index contributed by atoms with van der Waals surface area (Å²) in [5.41, 5.74) is 7.18. The zero-order valence-corrected chi connectivity index (χ0v) is 20.8. The Kier molecular flexibility index (Phi) is 9.37. The number of methoxy groups -OCH3 is 1. The van der Waals surface area contributed by atoms with Crippen LogP contribution >= 0.6 is 0 Å². The molecule has 1 heterocycles. The second kappa shape index (κ2) is 12.9. The van der Waals surface area contributed by atoms with Gasteiger partial charge < -0.3 is 19.5 Å². The van der Waals surface area contributed by atoms with Gasteiger partial charge in [0.05, 0.1) is 19.4 Å². The average molecular weight is 488 g/mol. The van der Waals surface area contributed by atoms with Crippen LogP contribution in [-0.4, -0.2) is 37.4 Å². The minimum absolute atomic E-state index is 0.164. The van der Waals surface area contributed by atoms with Gasteiger partial charge >= 0.3 is 0 Å². The lowest BCUT2D eigenvalue weighted by molar-refractivity contribution is -0.118. The number of aryl methyl sites for hydroxylation is 2. The van der Waals surface area contributed by atoms with E-state index in [1.807, 2.05) is 51.1 Å². The van der Waals surface area contributed by atoms with Gasteiger partial charge in [-0.25, -0.2) is 4.98 Å². The number of ether oxygens (including phenoxy) is 3. The third-order valence-electron chi connectivity index (χ3n) is 4.95. The Hall–Kier alpha value is -4.42. The topological polar surface area (TPSA) is 118 Å². The molecule has 0 spiro atoms. The molecule has 0 fully saturated rings. The van der Waals surface area contributed by atoms with Gasteiger partial charge in [-0.1, -0.05) is 12.1 Å². The summed E-state index contributed by atoms with van der Waals surface area (Å²) in [6, 6.07) is 16.8. The highest BCUT2D eigenvalue weighted by Crippen LogP contribution is 2.28. The van der Waals surface area contributed by atoms with E-state index in [9.17, 15) is 10.1 Å². The van der Waals surface area contributed by atoms with Gasteiger partial charge in [0.15, 0.2) is 23.9 Å². The van der Waals surface area contributed by atoms with Gasteiger partial charge in [0, 0.05) is 24.1 Å². The molecule has 3 aromatic rings. The van der Waals surface area contributed by atoms with Crippen LogP contribution in [0.1, 0.15) is 34.9 Å². The minimum Gasteiger partial charge on any atom is -0.490 e. The van der Waals surface area contributed by atoms with Crippen LogP contribution in [0.5, 0.6) is 11.5 Å². The van der Waals surface area contributed by atoms with Gasteiger partial charge in [0.1, 0.15) is 11.6 Å². The summed E-state index contributed by atoms with van der Waals surface area (Å²) >= 11 is 0. The van der Waals surface area contributed by atoms with Crippen molar-refractivity contribution in [1.29, 1.82) is 5.26 Å².